The molecule has 1 aliphatic rings. The van der Waals surface area contributed by atoms with Crippen LogP contribution in [0.5, 0.6) is 0 Å². The van der Waals surface area contributed by atoms with Crippen molar-refractivity contribution in [3.63, 3.8) is 0 Å². The number of amides is 1. The molecule has 0 aromatic heterocycles. The average Bonchev–Trinajstić information content (AvgIpc) is 3.12. The Labute approximate surface area is 109 Å². The third-order valence-electron chi connectivity index (χ3n) is 2.79. The molecule has 0 heterocycles. The van der Waals surface area contributed by atoms with Crippen LogP contribution in [0.2, 0.25) is 0 Å². The molecule has 0 spiro atoms. The second-order valence-electron chi connectivity index (χ2n) is 4.58. The molecule has 6 nitrogen and oxygen atoms in total. The predicted molar refractivity (Wildman–Crippen MR) is 70.7 cm³/mol. The number of nitrogens with one attached hydrogen (secondary N) is 3. The molecule has 0 aliphatic heterocycles. The molecule has 0 unspecified atom stereocenters. The van der Waals surface area contributed by atoms with Crippen LogP contribution in [-0.4, -0.2) is 46.3 Å². The molecule has 0 radical (unpaired) electrons. The fraction of sp³-hybridized carbons (Fsp3) is 0.909. The van der Waals surface area contributed by atoms with E-state index in [4.69, 9.17) is 0 Å². The van der Waals surface area contributed by atoms with E-state index in [1.54, 1.807) is 6.92 Å². The Bertz CT molecular complexity index is 353. The molecule has 106 valence electrons. The Morgan fingerprint density at radius 2 is 2.00 bits per heavy atom. The SMILES string of the molecule is CCS(=O)(=O)NCCCNC(=O)CNCC1CC1. The van der Waals surface area contributed by atoms with Gasteiger partial charge in [-0.2, -0.15) is 0 Å². The van der Waals surface area contributed by atoms with Crippen LogP contribution in [0, 0.1) is 5.92 Å². The summed E-state index contributed by atoms with van der Waals surface area (Å²) in [5, 5.41) is 5.84. The van der Waals surface area contributed by atoms with Crippen LogP contribution in [0.3, 0.4) is 0 Å². The van der Waals surface area contributed by atoms with Crippen molar-refractivity contribution in [2.24, 2.45) is 5.92 Å². The van der Waals surface area contributed by atoms with Crippen LogP contribution in [0.25, 0.3) is 0 Å². The van der Waals surface area contributed by atoms with Gasteiger partial charge in [-0.1, -0.05) is 0 Å². The van der Waals surface area contributed by atoms with Gasteiger partial charge in [-0.3, -0.25) is 4.79 Å². The van der Waals surface area contributed by atoms with E-state index < -0.39 is 10.0 Å². The molecule has 0 saturated heterocycles. The van der Waals surface area contributed by atoms with Gasteiger partial charge in [-0.25, -0.2) is 13.1 Å². The van der Waals surface area contributed by atoms with Gasteiger partial charge >= 0.3 is 0 Å². The summed E-state index contributed by atoms with van der Waals surface area (Å²) in [5.74, 6) is 0.819. The molecular formula is C11H23N3O3S. The second kappa shape index (κ2) is 7.70. The van der Waals surface area contributed by atoms with E-state index in [9.17, 15) is 13.2 Å². The summed E-state index contributed by atoms with van der Waals surface area (Å²) >= 11 is 0. The Balaban J connectivity index is 1.91. The first kappa shape index (κ1) is 15.4. The van der Waals surface area contributed by atoms with Gasteiger partial charge in [0.25, 0.3) is 0 Å². The summed E-state index contributed by atoms with van der Waals surface area (Å²) in [7, 11) is -3.11. The monoisotopic (exact) mass is 277 g/mol. The highest BCUT2D eigenvalue weighted by molar-refractivity contribution is 7.89. The lowest BCUT2D eigenvalue weighted by Crippen LogP contribution is -2.36. The first-order chi connectivity index (χ1) is 8.53. The van der Waals surface area contributed by atoms with Gasteiger partial charge in [-0.05, 0) is 38.6 Å². The molecule has 7 heteroatoms. The van der Waals surface area contributed by atoms with Crippen LogP contribution in [0.15, 0.2) is 0 Å². The van der Waals surface area contributed by atoms with Crippen molar-refractivity contribution < 1.29 is 13.2 Å². The third kappa shape index (κ3) is 7.62. The van der Waals surface area contributed by atoms with Crippen molar-refractivity contribution in [2.45, 2.75) is 26.2 Å². The zero-order valence-corrected chi connectivity index (χ0v) is 11.7. The smallest absolute Gasteiger partial charge is 0.233 e. The average molecular weight is 277 g/mol. The van der Waals surface area contributed by atoms with Gasteiger partial charge in [0.1, 0.15) is 0 Å². The fourth-order valence-corrected chi connectivity index (χ4v) is 2.08. The van der Waals surface area contributed by atoms with Crippen molar-refractivity contribution in [1.29, 1.82) is 0 Å². The number of hydrogen-bond acceptors (Lipinski definition) is 4. The maximum absolute atomic E-state index is 11.3. The Morgan fingerprint density at radius 1 is 1.28 bits per heavy atom. The van der Waals surface area contributed by atoms with Crippen molar-refractivity contribution in [1.82, 2.24) is 15.4 Å². The van der Waals surface area contributed by atoms with E-state index in [0.717, 1.165) is 12.5 Å². The van der Waals surface area contributed by atoms with Crippen molar-refractivity contribution in [3.8, 4) is 0 Å². The van der Waals surface area contributed by atoms with E-state index in [1.807, 2.05) is 0 Å². The number of carbonyl (C=O) groups excluding carboxylic acids is 1. The molecule has 0 aromatic rings. The van der Waals surface area contributed by atoms with Crippen molar-refractivity contribution in [3.05, 3.63) is 0 Å². The first-order valence-corrected chi connectivity index (χ1v) is 8.13. The zero-order chi connectivity index (χ0) is 13.4. The Morgan fingerprint density at radius 3 is 2.61 bits per heavy atom. The van der Waals surface area contributed by atoms with Gasteiger partial charge in [0.15, 0.2) is 0 Å². The van der Waals surface area contributed by atoms with E-state index in [1.165, 1.54) is 12.8 Å². The minimum absolute atomic E-state index is 0.0333. The number of sulfonamides is 1. The van der Waals surface area contributed by atoms with Gasteiger partial charge in [0, 0.05) is 13.1 Å². The highest BCUT2D eigenvalue weighted by Gasteiger charge is 2.20. The largest absolute Gasteiger partial charge is 0.355 e. The maximum Gasteiger partial charge on any atom is 0.233 e. The van der Waals surface area contributed by atoms with Crippen LogP contribution in [0.1, 0.15) is 26.2 Å². The summed E-state index contributed by atoms with van der Waals surface area (Å²) in [5.41, 5.74) is 0. The highest BCUT2D eigenvalue weighted by Crippen LogP contribution is 2.27. The molecule has 0 bridgehead atoms. The predicted octanol–water partition coefficient (Wildman–Crippen LogP) is -0.568. The van der Waals surface area contributed by atoms with Crippen molar-refractivity contribution in [2.75, 3.05) is 31.9 Å². The lowest BCUT2D eigenvalue weighted by molar-refractivity contribution is -0.120. The fourth-order valence-electron chi connectivity index (χ4n) is 1.42. The summed E-state index contributed by atoms with van der Waals surface area (Å²) in [4.78, 5) is 11.3. The standard InChI is InChI=1S/C11H23N3O3S/c1-2-18(16,17)14-7-3-6-13-11(15)9-12-8-10-4-5-10/h10,12,14H,2-9H2,1H3,(H,13,15). The van der Waals surface area contributed by atoms with Crippen LogP contribution in [0.4, 0.5) is 0 Å². The molecule has 0 aromatic carbocycles. The number of carbonyl (C=O) groups is 1. The molecule has 1 aliphatic carbocycles. The third-order valence-corrected chi connectivity index (χ3v) is 4.20. The van der Waals surface area contributed by atoms with Crippen LogP contribution >= 0.6 is 0 Å². The van der Waals surface area contributed by atoms with Gasteiger partial charge in [-0.15, -0.1) is 0 Å². The molecule has 0 atom stereocenters. The van der Waals surface area contributed by atoms with Crippen molar-refractivity contribution >= 4 is 15.9 Å². The molecule has 18 heavy (non-hydrogen) atoms. The molecule has 1 fully saturated rings. The van der Waals surface area contributed by atoms with Gasteiger partial charge in [0.2, 0.25) is 15.9 Å². The molecular weight excluding hydrogens is 254 g/mol. The summed E-state index contributed by atoms with van der Waals surface area (Å²) in [6.45, 7) is 3.72. The van der Waals surface area contributed by atoms with E-state index >= 15 is 0 Å². The Hall–Kier alpha value is -0.660. The van der Waals surface area contributed by atoms with E-state index in [2.05, 4.69) is 15.4 Å². The molecule has 1 amide bonds. The zero-order valence-electron chi connectivity index (χ0n) is 10.9. The second-order valence-corrected chi connectivity index (χ2v) is 6.67. The lowest BCUT2D eigenvalue weighted by atomic mass is 10.4. The summed E-state index contributed by atoms with van der Waals surface area (Å²) in [6.07, 6.45) is 3.14. The minimum atomic E-state index is -3.11. The molecule has 1 rings (SSSR count). The quantitative estimate of drug-likeness (QED) is 0.467. The number of rotatable bonds is 10. The molecule has 3 N–H and O–H groups in total. The topological polar surface area (TPSA) is 87.3 Å². The van der Waals surface area contributed by atoms with Gasteiger partial charge < -0.3 is 10.6 Å². The van der Waals surface area contributed by atoms with Crippen LogP contribution < -0.4 is 15.4 Å². The van der Waals surface area contributed by atoms with E-state index in [0.29, 0.717) is 26.1 Å². The molecule has 1 saturated carbocycles. The number of hydrogen-bond donors (Lipinski definition) is 3. The Kier molecular flexibility index (Phi) is 6.59. The normalized spacial score (nSPS) is 15.6. The maximum atomic E-state index is 11.3. The first-order valence-electron chi connectivity index (χ1n) is 6.48. The van der Waals surface area contributed by atoms with Gasteiger partial charge in [0.05, 0.1) is 12.3 Å². The lowest BCUT2D eigenvalue weighted by Gasteiger charge is -2.07. The highest BCUT2D eigenvalue weighted by atomic mass is 32.2. The summed E-state index contributed by atoms with van der Waals surface area (Å²) in [6, 6.07) is 0. The van der Waals surface area contributed by atoms with E-state index in [-0.39, 0.29) is 11.7 Å². The van der Waals surface area contributed by atoms with Crippen LogP contribution in [-0.2, 0) is 14.8 Å². The summed E-state index contributed by atoms with van der Waals surface area (Å²) < 4.78 is 24.7. The minimum Gasteiger partial charge on any atom is -0.355 e.